The number of ether oxygens (including phenoxy) is 1. The summed E-state index contributed by atoms with van der Waals surface area (Å²) in [6.45, 7) is 0.529. The standard InChI is InChI=1S/C25H21BrFN3O2/c1-32-19-10-11-22-21(14-19)20-12-13-30(25(31)28-18-8-4-16(26)5-9-18)24(23(20)29-22)15-2-6-17(27)7-3-15/h2-11,14,24,29H,12-13H2,1H3,(H,28,31). The van der Waals surface area contributed by atoms with Crippen molar-refractivity contribution in [2.24, 2.45) is 0 Å². The van der Waals surface area contributed by atoms with E-state index < -0.39 is 0 Å². The van der Waals surface area contributed by atoms with Crippen molar-refractivity contribution < 1.29 is 13.9 Å². The molecule has 1 aliphatic rings. The molecule has 1 aliphatic heterocycles. The van der Waals surface area contributed by atoms with Crippen LogP contribution in [-0.4, -0.2) is 29.6 Å². The number of aromatic amines is 1. The van der Waals surface area contributed by atoms with Crippen LogP contribution in [0.4, 0.5) is 14.9 Å². The summed E-state index contributed by atoms with van der Waals surface area (Å²) < 4.78 is 20.0. The van der Waals surface area contributed by atoms with Gasteiger partial charge in [-0.3, -0.25) is 0 Å². The Morgan fingerprint density at radius 2 is 1.88 bits per heavy atom. The van der Waals surface area contributed by atoms with Crippen molar-refractivity contribution in [3.63, 3.8) is 0 Å². The van der Waals surface area contributed by atoms with Crippen LogP contribution in [0.5, 0.6) is 5.75 Å². The molecule has 1 unspecified atom stereocenters. The number of methoxy groups -OCH3 is 1. The molecule has 2 heterocycles. The monoisotopic (exact) mass is 493 g/mol. The number of H-pyrrole nitrogens is 1. The quantitative estimate of drug-likeness (QED) is 0.354. The fraction of sp³-hybridized carbons (Fsp3) is 0.160. The predicted octanol–water partition coefficient (Wildman–Crippen LogP) is 6.26. The summed E-state index contributed by atoms with van der Waals surface area (Å²) in [6.07, 6.45) is 0.702. The first-order valence-electron chi connectivity index (χ1n) is 10.3. The molecule has 5 nitrogen and oxygen atoms in total. The SMILES string of the molecule is COc1ccc2[nH]c3c(c2c1)CCN(C(=O)Nc1ccc(Br)cc1)C3c1ccc(F)cc1. The Bertz CT molecular complexity index is 1290. The van der Waals surface area contributed by atoms with Crippen molar-refractivity contribution in [3.8, 4) is 5.75 Å². The molecule has 0 saturated heterocycles. The van der Waals surface area contributed by atoms with Crippen LogP contribution in [0.1, 0.15) is 22.9 Å². The van der Waals surface area contributed by atoms with E-state index in [2.05, 4.69) is 26.2 Å². The summed E-state index contributed by atoms with van der Waals surface area (Å²) in [5.41, 5.74) is 4.64. The molecule has 7 heteroatoms. The van der Waals surface area contributed by atoms with Crippen molar-refractivity contribution in [1.29, 1.82) is 0 Å². The number of hydrogen-bond donors (Lipinski definition) is 2. The van der Waals surface area contributed by atoms with E-state index in [1.165, 1.54) is 12.1 Å². The largest absolute Gasteiger partial charge is 0.497 e. The summed E-state index contributed by atoms with van der Waals surface area (Å²) in [4.78, 5) is 18.6. The Labute approximate surface area is 193 Å². The van der Waals surface area contributed by atoms with Crippen LogP contribution >= 0.6 is 15.9 Å². The number of rotatable bonds is 3. The number of carbonyl (C=O) groups is 1. The normalized spacial score (nSPS) is 15.5. The number of carbonyl (C=O) groups excluding carboxylic acids is 1. The molecule has 1 aromatic heterocycles. The van der Waals surface area contributed by atoms with Crippen LogP contribution in [0.2, 0.25) is 0 Å². The van der Waals surface area contributed by atoms with Gasteiger partial charge in [-0.05, 0) is 72.1 Å². The van der Waals surface area contributed by atoms with Crippen molar-refractivity contribution in [2.75, 3.05) is 19.0 Å². The van der Waals surface area contributed by atoms with Gasteiger partial charge in [0.1, 0.15) is 11.6 Å². The van der Waals surface area contributed by atoms with Gasteiger partial charge in [-0.15, -0.1) is 0 Å². The number of amides is 2. The first kappa shape index (κ1) is 20.6. The van der Waals surface area contributed by atoms with Gasteiger partial charge in [0.2, 0.25) is 0 Å². The number of nitrogens with zero attached hydrogens (tertiary/aromatic N) is 1. The van der Waals surface area contributed by atoms with Gasteiger partial charge in [0.15, 0.2) is 0 Å². The van der Waals surface area contributed by atoms with E-state index in [-0.39, 0.29) is 17.9 Å². The highest BCUT2D eigenvalue weighted by molar-refractivity contribution is 9.10. The van der Waals surface area contributed by atoms with Gasteiger partial charge >= 0.3 is 6.03 Å². The third-order valence-corrected chi connectivity index (χ3v) is 6.40. The summed E-state index contributed by atoms with van der Waals surface area (Å²) in [7, 11) is 1.65. The van der Waals surface area contributed by atoms with E-state index in [9.17, 15) is 9.18 Å². The molecule has 0 fully saturated rings. The second-order valence-electron chi connectivity index (χ2n) is 7.76. The van der Waals surface area contributed by atoms with Gasteiger partial charge in [-0.2, -0.15) is 0 Å². The fourth-order valence-corrected chi connectivity index (χ4v) is 4.60. The first-order valence-corrected chi connectivity index (χ1v) is 11.1. The zero-order valence-electron chi connectivity index (χ0n) is 17.4. The summed E-state index contributed by atoms with van der Waals surface area (Å²) in [6, 6.07) is 19.1. The minimum absolute atomic E-state index is 0.205. The van der Waals surface area contributed by atoms with Gasteiger partial charge in [-0.1, -0.05) is 28.1 Å². The van der Waals surface area contributed by atoms with Crippen molar-refractivity contribution in [2.45, 2.75) is 12.5 Å². The van der Waals surface area contributed by atoms with Gasteiger partial charge < -0.3 is 19.9 Å². The molecule has 0 bridgehead atoms. The lowest BCUT2D eigenvalue weighted by Crippen LogP contribution is -2.43. The Hall–Kier alpha value is -3.32. The Morgan fingerprint density at radius 1 is 1.12 bits per heavy atom. The zero-order chi connectivity index (χ0) is 22.2. The topological polar surface area (TPSA) is 57.4 Å². The smallest absolute Gasteiger partial charge is 0.322 e. The molecule has 162 valence electrons. The maximum absolute atomic E-state index is 13.7. The second-order valence-corrected chi connectivity index (χ2v) is 8.68. The Kier molecular flexibility index (Phi) is 5.35. The number of anilines is 1. The number of nitrogens with one attached hydrogen (secondary N) is 2. The summed E-state index contributed by atoms with van der Waals surface area (Å²) in [5.74, 6) is 0.477. The summed E-state index contributed by atoms with van der Waals surface area (Å²) >= 11 is 3.41. The molecular weight excluding hydrogens is 473 g/mol. The van der Waals surface area contributed by atoms with Gasteiger partial charge in [0, 0.05) is 33.3 Å². The maximum Gasteiger partial charge on any atom is 0.322 e. The lowest BCUT2D eigenvalue weighted by atomic mass is 9.92. The Balaban J connectivity index is 1.57. The van der Waals surface area contributed by atoms with Crippen LogP contribution in [0.3, 0.4) is 0 Å². The molecule has 3 aromatic carbocycles. The van der Waals surface area contributed by atoms with Crippen LogP contribution in [0, 0.1) is 5.82 Å². The molecule has 0 saturated carbocycles. The van der Waals surface area contributed by atoms with E-state index in [0.29, 0.717) is 18.7 Å². The fourth-order valence-electron chi connectivity index (χ4n) is 4.33. The number of fused-ring (bicyclic) bond motifs is 3. The van der Waals surface area contributed by atoms with Crippen molar-refractivity contribution in [3.05, 3.63) is 93.8 Å². The zero-order valence-corrected chi connectivity index (χ0v) is 18.9. The van der Waals surface area contributed by atoms with Crippen molar-refractivity contribution in [1.82, 2.24) is 9.88 Å². The van der Waals surface area contributed by atoms with E-state index in [0.717, 1.165) is 37.9 Å². The van der Waals surface area contributed by atoms with E-state index in [4.69, 9.17) is 4.74 Å². The van der Waals surface area contributed by atoms with Crippen LogP contribution in [0.25, 0.3) is 10.9 Å². The number of urea groups is 1. The predicted molar refractivity (Wildman–Crippen MR) is 127 cm³/mol. The average Bonchev–Trinajstić information content (AvgIpc) is 3.18. The molecule has 2 amide bonds. The Morgan fingerprint density at radius 3 is 2.59 bits per heavy atom. The molecule has 0 aliphatic carbocycles. The lowest BCUT2D eigenvalue weighted by molar-refractivity contribution is 0.193. The highest BCUT2D eigenvalue weighted by atomic mass is 79.9. The number of hydrogen-bond acceptors (Lipinski definition) is 2. The first-order chi connectivity index (χ1) is 15.5. The van der Waals surface area contributed by atoms with Crippen molar-refractivity contribution >= 4 is 38.6 Å². The second kappa shape index (κ2) is 8.31. The molecule has 32 heavy (non-hydrogen) atoms. The number of aromatic nitrogens is 1. The van der Waals surface area contributed by atoms with Crippen LogP contribution in [0.15, 0.2) is 71.2 Å². The molecular formula is C25H21BrFN3O2. The molecule has 1 atom stereocenters. The average molecular weight is 494 g/mol. The van der Waals surface area contributed by atoms with E-state index >= 15 is 0 Å². The molecule has 2 N–H and O–H groups in total. The van der Waals surface area contributed by atoms with E-state index in [1.807, 2.05) is 42.5 Å². The molecule has 4 aromatic rings. The highest BCUT2D eigenvalue weighted by Crippen LogP contribution is 2.39. The van der Waals surface area contributed by atoms with Crippen LogP contribution < -0.4 is 10.1 Å². The molecule has 5 rings (SSSR count). The van der Waals surface area contributed by atoms with Gasteiger partial charge in [0.05, 0.1) is 13.2 Å². The third-order valence-electron chi connectivity index (χ3n) is 5.88. The number of benzene rings is 3. The van der Waals surface area contributed by atoms with E-state index in [1.54, 1.807) is 24.1 Å². The molecule has 0 spiro atoms. The maximum atomic E-state index is 13.7. The third kappa shape index (κ3) is 3.73. The van der Waals surface area contributed by atoms with Gasteiger partial charge in [-0.25, -0.2) is 9.18 Å². The van der Waals surface area contributed by atoms with Gasteiger partial charge in [0.25, 0.3) is 0 Å². The lowest BCUT2D eigenvalue weighted by Gasteiger charge is -2.36. The number of halogens is 2. The highest BCUT2D eigenvalue weighted by Gasteiger charge is 2.34. The summed E-state index contributed by atoms with van der Waals surface area (Å²) in [5, 5.41) is 4.07. The van der Waals surface area contributed by atoms with Crippen LogP contribution in [-0.2, 0) is 6.42 Å². The minimum Gasteiger partial charge on any atom is -0.497 e. The molecule has 0 radical (unpaired) electrons. The minimum atomic E-state index is -0.367.